The van der Waals surface area contributed by atoms with E-state index in [9.17, 15) is 14.7 Å². The molecule has 2 aromatic heterocycles. The van der Waals surface area contributed by atoms with Crippen molar-refractivity contribution in [3.05, 3.63) is 26.6 Å². The van der Waals surface area contributed by atoms with Crippen molar-refractivity contribution in [1.29, 1.82) is 0 Å². The molecule has 0 radical (unpaired) electrons. The number of aromatic amines is 1. The van der Waals surface area contributed by atoms with Crippen LogP contribution in [0.3, 0.4) is 0 Å². The summed E-state index contributed by atoms with van der Waals surface area (Å²) in [6.07, 6.45) is 1.77. The Morgan fingerprint density at radius 1 is 1.52 bits per heavy atom. The fourth-order valence-corrected chi connectivity index (χ4v) is 4.06. The van der Waals surface area contributed by atoms with E-state index in [2.05, 4.69) is 14.9 Å². The van der Waals surface area contributed by atoms with Gasteiger partial charge in [0.05, 0.1) is 24.6 Å². The van der Waals surface area contributed by atoms with Gasteiger partial charge in [-0.05, 0) is 39.2 Å². The number of fused-ring (bicyclic) bond motifs is 1. The Labute approximate surface area is 149 Å². The monoisotopic (exact) mass is 365 g/mol. The van der Waals surface area contributed by atoms with Gasteiger partial charge in [0, 0.05) is 12.6 Å². The van der Waals surface area contributed by atoms with E-state index in [1.165, 1.54) is 11.3 Å². The number of H-pyrrole nitrogens is 1. The second-order valence-electron chi connectivity index (χ2n) is 6.48. The van der Waals surface area contributed by atoms with Crippen LogP contribution >= 0.6 is 11.3 Å². The number of rotatable bonds is 7. The first kappa shape index (κ1) is 18.0. The van der Waals surface area contributed by atoms with Gasteiger partial charge >= 0.3 is 5.97 Å². The van der Waals surface area contributed by atoms with E-state index in [0.717, 1.165) is 12.8 Å². The number of thiophene rings is 1. The van der Waals surface area contributed by atoms with Crippen LogP contribution in [0.5, 0.6) is 0 Å². The summed E-state index contributed by atoms with van der Waals surface area (Å²) in [5.41, 5.74) is 0.374. The highest BCUT2D eigenvalue weighted by atomic mass is 32.1. The zero-order chi connectivity index (χ0) is 18.1. The third-order valence-electron chi connectivity index (χ3n) is 4.23. The predicted octanol–water partition coefficient (Wildman–Crippen LogP) is 1.81. The molecule has 8 heteroatoms. The summed E-state index contributed by atoms with van der Waals surface area (Å²) < 4.78 is 5.05. The van der Waals surface area contributed by atoms with E-state index in [0.29, 0.717) is 45.6 Å². The summed E-state index contributed by atoms with van der Waals surface area (Å²) in [4.78, 5) is 35.0. The summed E-state index contributed by atoms with van der Waals surface area (Å²) in [5.74, 6) is 0.138. The number of aliphatic hydroxyl groups excluding tert-OH is 1. The highest BCUT2D eigenvalue weighted by molar-refractivity contribution is 7.20. The van der Waals surface area contributed by atoms with Crippen LogP contribution in [0.4, 0.5) is 0 Å². The Kier molecular flexibility index (Phi) is 5.21. The van der Waals surface area contributed by atoms with E-state index >= 15 is 0 Å². The Hall–Kier alpha value is -1.77. The standard InChI is InChI=1S/C17H23N3O4S/c1-4-24-17(23)14-10(3)13-15(22)18-12(19-16(13)25-14)8-20(7-9(2)21)11-5-6-11/h9,11,21H,4-8H2,1-3H3,(H,18,19,22). The summed E-state index contributed by atoms with van der Waals surface area (Å²) in [6, 6.07) is 0.441. The SMILES string of the molecule is CCOC(=O)c1sc2nc(CN(CC(C)O)C3CC3)[nH]c(=O)c2c1C. The van der Waals surface area contributed by atoms with Crippen molar-refractivity contribution in [3.8, 4) is 0 Å². The number of aryl methyl sites for hydroxylation is 1. The second kappa shape index (κ2) is 7.23. The van der Waals surface area contributed by atoms with Crippen LogP contribution in [0.25, 0.3) is 10.2 Å². The minimum Gasteiger partial charge on any atom is -0.462 e. The zero-order valence-electron chi connectivity index (χ0n) is 14.7. The average Bonchev–Trinajstić information content (AvgIpc) is 3.31. The van der Waals surface area contributed by atoms with Crippen LogP contribution in [-0.2, 0) is 11.3 Å². The number of ether oxygens (including phenoxy) is 1. The first-order chi connectivity index (χ1) is 11.9. The third-order valence-corrected chi connectivity index (χ3v) is 5.39. The molecule has 3 rings (SSSR count). The van der Waals surface area contributed by atoms with Crippen LogP contribution < -0.4 is 5.56 Å². The number of hydrogen-bond acceptors (Lipinski definition) is 7. The lowest BCUT2D eigenvalue weighted by Gasteiger charge is -2.22. The Bertz CT molecular complexity index is 838. The minimum atomic E-state index is -0.435. The van der Waals surface area contributed by atoms with Gasteiger partial charge in [-0.1, -0.05) is 0 Å². The molecule has 2 aromatic rings. The minimum absolute atomic E-state index is 0.239. The van der Waals surface area contributed by atoms with Gasteiger partial charge in [-0.2, -0.15) is 0 Å². The number of aromatic nitrogens is 2. The lowest BCUT2D eigenvalue weighted by Crippen LogP contribution is -2.33. The number of esters is 1. The molecule has 0 bridgehead atoms. The smallest absolute Gasteiger partial charge is 0.348 e. The third kappa shape index (κ3) is 3.91. The molecule has 0 spiro atoms. The summed E-state index contributed by atoms with van der Waals surface area (Å²) >= 11 is 1.19. The van der Waals surface area contributed by atoms with Crippen LogP contribution in [0.1, 0.15) is 47.7 Å². The first-order valence-corrected chi connectivity index (χ1v) is 9.33. The fourth-order valence-electron chi connectivity index (χ4n) is 2.97. The molecule has 1 aliphatic carbocycles. The number of nitrogens with zero attached hydrogens (tertiary/aromatic N) is 2. The Morgan fingerprint density at radius 3 is 2.84 bits per heavy atom. The molecule has 7 nitrogen and oxygen atoms in total. The highest BCUT2D eigenvalue weighted by Crippen LogP contribution is 2.30. The molecular formula is C17H23N3O4S. The maximum atomic E-state index is 12.5. The summed E-state index contributed by atoms with van der Waals surface area (Å²) in [6.45, 7) is 6.56. The van der Waals surface area contributed by atoms with Crippen molar-refractivity contribution < 1.29 is 14.6 Å². The number of carbonyl (C=O) groups is 1. The molecular weight excluding hydrogens is 342 g/mol. The second-order valence-corrected chi connectivity index (χ2v) is 7.48. The fraction of sp³-hybridized carbons (Fsp3) is 0.588. The van der Waals surface area contributed by atoms with E-state index in [-0.39, 0.29) is 12.2 Å². The Morgan fingerprint density at radius 2 is 2.24 bits per heavy atom. The molecule has 0 amide bonds. The molecule has 2 heterocycles. The van der Waals surface area contributed by atoms with Crippen molar-refractivity contribution >= 4 is 27.5 Å². The topological polar surface area (TPSA) is 95.5 Å². The number of aliphatic hydroxyl groups is 1. The molecule has 1 atom stereocenters. The molecule has 2 N–H and O–H groups in total. The van der Waals surface area contributed by atoms with Crippen molar-refractivity contribution in [3.63, 3.8) is 0 Å². The molecule has 1 fully saturated rings. The van der Waals surface area contributed by atoms with Gasteiger partial charge in [0.15, 0.2) is 0 Å². The molecule has 0 saturated heterocycles. The van der Waals surface area contributed by atoms with Gasteiger partial charge < -0.3 is 14.8 Å². The molecule has 1 unspecified atom stereocenters. The van der Waals surface area contributed by atoms with Crippen LogP contribution in [0.15, 0.2) is 4.79 Å². The van der Waals surface area contributed by atoms with Crippen LogP contribution in [0, 0.1) is 6.92 Å². The highest BCUT2D eigenvalue weighted by Gasteiger charge is 2.30. The van der Waals surface area contributed by atoms with Gasteiger partial charge in [-0.25, -0.2) is 9.78 Å². The number of nitrogens with one attached hydrogen (secondary N) is 1. The number of hydrogen-bond donors (Lipinski definition) is 2. The van der Waals surface area contributed by atoms with Crippen LogP contribution in [0.2, 0.25) is 0 Å². The lowest BCUT2D eigenvalue weighted by atomic mass is 10.2. The molecule has 0 aromatic carbocycles. The van der Waals surface area contributed by atoms with E-state index in [1.807, 2.05) is 0 Å². The molecule has 0 aliphatic heterocycles. The van der Waals surface area contributed by atoms with Gasteiger partial charge in [0.25, 0.3) is 5.56 Å². The van der Waals surface area contributed by atoms with Crippen LogP contribution in [-0.4, -0.2) is 51.2 Å². The molecule has 25 heavy (non-hydrogen) atoms. The molecule has 1 aliphatic rings. The summed E-state index contributed by atoms with van der Waals surface area (Å²) in [7, 11) is 0. The lowest BCUT2D eigenvalue weighted by molar-refractivity contribution is 0.0531. The zero-order valence-corrected chi connectivity index (χ0v) is 15.5. The normalized spacial score (nSPS) is 15.7. The predicted molar refractivity (Wildman–Crippen MR) is 96.0 cm³/mol. The van der Waals surface area contributed by atoms with Gasteiger partial charge in [-0.15, -0.1) is 11.3 Å². The first-order valence-electron chi connectivity index (χ1n) is 8.52. The Balaban J connectivity index is 1.93. The molecule has 136 valence electrons. The maximum Gasteiger partial charge on any atom is 0.348 e. The van der Waals surface area contributed by atoms with Crippen molar-refractivity contribution in [2.75, 3.05) is 13.2 Å². The van der Waals surface area contributed by atoms with E-state index in [1.54, 1.807) is 20.8 Å². The van der Waals surface area contributed by atoms with E-state index in [4.69, 9.17) is 4.74 Å². The van der Waals surface area contributed by atoms with Crippen molar-refractivity contribution in [2.24, 2.45) is 0 Å². The largest absolute Gasteiger partial charge is 0.462 e. The van der Waals surface area contributed by atoms with Crippen molar-refractivity contribution in [1.82, 2.24) is 14.9 Å². The average molecular weight is 365 g/mol. The quantitative estimate of drug-likeness (QED) is 0.727. The molecule has 1 saturated carbocycles. The van der Waals surface area contributed by atoms with Gasteiger partial charge in [0.1, 0.15) is 15.5 Å². The number of carbonyl (C=O) groups excluding carboxylic acids is 1. The van der Waals surface area contributed by atoms with Gasteiger partial charge in [-0.3, -0.25) is 9.69 Å². The van der Waals surface area contributed by atoms with Crippen molar-refractivity contribution in [2.45, 2.75) is 52.3 Å². The van der Waals surface area contributed by atoms with E-state index < -0.39 is 12.1 Å². The maximum absolute atomic E-state index is 12.5. The summed E-state index contributed by atoms with van der Waals surface area (Å²) in [5, 5.41) is 10.1. The van der Waals surface area contributed by atoms with Gasteiger partial charge in [0.2, 0.25) is 0 Å².